The fourth-order valence-electron chi connectivity index (χ4n) is 3.64. The number of hydrogen-bond donors (Lipinski definition) is 0. The maximum absolute atomic E-state index is 12.8. The van der Waals surface area contributed by atoms with Crippen LogP contribution >= 0.6 is 11.3 Å². The summed E-state index contributed by atoms with van der Waals surface area (Å²) in [5.41, 5.74) is 5.27. The molecule has 0 atom stereocenters. The summed E-state index contributed by atoms with van der Waals surface area (Å²) in [7, 11) is 1.67. The summed E-state index contributed by atoms with van der Waals surface area (Å²) < 4.78 is 5.22. The van der Waals surface area contributed by atoms with Crippen LogP contribution in [0.1, 0.15) is 26.5 Å². The van der Waals surface area contributed by atoms with Gasteiger partial charge in [-0.2, -0.15) is 0 Å². The van der Waals surface area contributed by atoms with Gasteiger partial charge in [0.05, 0.1) is 19.3 Å². The number of ether oxygens (including phenoxy) is 1. The second-order valence-corrected chi connectivity index (χ2v) is 8.67. The Labute approximate surface area is 181 Å². The molecule has 1 fully saturated rings. The molecule has 0 N–H and O–H groups in total. The SMILES string of the molecule is COc1ccc(-c2csc(CN3CCN(C(=O)c4ccc(C)c(C)c4)CC3)n2)cc1. The second kappa shape index (κ2) is 8.98. The Morgan fingerprint density at radius 1 is 1.03 bits per heavy atom. The van der Waals surface area contributed by atoms with Gasteiger partial charge >= 0.3 is 0 Å². The van der Waals surface area contributed by atoms with Crippen molar-refractivity contribution in [2.24, 2.45) is 0 Å². The van der Waals surface area contributed by atoms with Crippen molar-refractivity contribution in [3.8, 4) is 17.0 Å². The molecule has 2 aromatic carbocycles. The van der Waals surface area contributed by atoms with E-state index in [2.05, 4.69) is 24.1 Å². The van der Waals surface area contributed by atoms with E-state index in [1.807, 2.05) is 47.4 Å². The molecule has 1 aliphatic heterocycles. The first-order valence-electron chi connectivity index (χ1n) is 10.2. The summed E-state index contributed by atoms with van der Waals surface area (Å²) in [6.45, 7) is 8.19. The van der Waals surface area contributed by atoms with Crippen molar-refractivity contribution in [2.45, 2.75) is 20.4 Å². The van der Waals surface area contributed by atoms with Crippen molar-refractivity contribution in [2.75, 3.05) is 33.3 Å². The fourth-order valence-corrected chi connectivity index (χ4v) is 4.48. The molecular formula is C24H27N3O2S. The molecule has 0 radical (unpaired) electrons. The van der Waals surface area contributed by atoms with Gasteiger partial charge < -0.3 is 9.64 Å². The zero-order valence-electron chi connectivity index (χ0n) is 17.7. The quantitative estimate of drug-likeness (QED) is 0.613. The lowest BCUT2D eigenvalue weighted by atomic mass is 10.1. The number of benzene rings is 2. The van der Waals surface area contributed by atoms with Crippen LogP contribution in [0.25, 0.3) is 11.3 Å². The summed E-state index contributed by atoms with van der Waals surface area (Å²) >= 11 is 1.69. The molecule has 0 bridgehead atoms. The lowest BCUT2D eigenvalue weighted by molar-refractivity contribution is 0.0628. The van der Waals surface area contributed by atoms with Crippen molar-refractivity contribution in [1.29, 1.82) is 0 Å². The molecular weight excluding hydrogens is 394 g/mol. The molecule has 0 spiro atoms. The van der Waals surface area contributed by atoms with E-state index in [-0.39, 0.29) is 5.91 Å². The molecule has 0 saturated carbocycles. The molecule has 2 heterocycles. The number of hydrogen-bond acceptors (Lipinski definition) is 5. The van der Waals surface area contributed by atoms with Crippen LogP contribution in [0.3, 0.4) is 0 Å². The van der Waals surface area contributed by atoms with E-state index in [1.165, 1.54) is 5.56 Å². The molecule has 1 saturated heterocycles. The van der Waals surface area contributed by atoms with Crippen LogP contribution in [-0.4, -0.2) is 54.0 Å². The van der Waals surface area contributed by atoms with Gasteiger partial charge in [-0.15, -0.1) is 11.3 Å². The molecule has 156 valence electrons. The topological polar surface area (TPSA) is 45.7 Å². The first-order valence-corrected chi connectivity index (χ1v) is 11.1. The minimum atomic E-state index is 0.133. The Bertz CT molecular complexity index is 1020. The van der Waals surface area contributed by atoms with E-state index < -0.39 is 0 Å². The van der Waals surface area contributed by atoms with Crippen molar-refractivity contribution >= 4 is 17.2 Å². The zero-order chi connectivity index (χ0) is 21.1. The molecule has 0 aliphatic carbocycles. The fraction of sp³-hybridized carbons (Fsp3) is 0.333. The third-order valence-electron chi connectivity index (χ3n) is 5.71. The van der Waals surface area contributed by atoms with Gasteiger partial charge in [0.1, 0.15) is 10.8 Å². The third-order valence-corrected chi connectivity index (χ3v) is 6.54. The van der Waals surface area contributed by atoms with Gasteiger partial charge in [0, 0.05) is 42.7 Å². The normalized spacial score (nSPS) is 14.7. The summed E-state index contributed by atoms with van der Waals surface area (Å²) in [5, 5.41) is 3.21. The average molecular weight is 422 g/mol. The predicted octanol–water partition coefficient (Wildman–Crippen LogP) is 4.39. The molecule has 6 heteroatoms. The minimum absolute atomic E-state index is 0.133. The number of nitrogens with zero attached hydrogens (tertiary/aromatic N) is 3. The van der Waals surface area contributed by atoms with E-state index in [1.54, 1.807) is 18.4 Å². The minimum Gasteiger partial charge on any atom is -0.497 e. The lowest BCUT2D eigenvalue weighted by Gasteiger charge is -2.34. The van der Waals surface area contributed by atoms with Crippen LogP contribution in [0.5, 0.6) is 5.75 Å². The van der Waals surface area contributed by atoms with E-state index >= 15 is 0 Å². The molecule has 1 aliphatic rings. The molecule has 1 aromatic heterocycles. The second-order valence-electron chi connectivity index (χ2n) is 7.72. The first kappa shape index (κ1) is 20.6. The number of aromatic nitrogens is 1. The Morgan fingerprint density at radius 2 is 1.77 bits per heavy atom. The summed E-state index contributed by atoms with van der Waals surface area (Å²) in [5.74, 6) is 0.983. The largest absolute Gasteiger partial charge is 0.497 e. The number of methoxy groups -OCH3 is 1. The molecule has 1 amide bonds. The van der Waals surface area contributed by atoms with E-state index in [0.717, 1.165) is 65.9 Å². The third kappa shape index (κ3) is 4.55. The van der Waals surface area contributed by atoms with Crippen LogP contribution in [-0.2, 0) is 6.54 Å². The van der Waals surface area contributed by atoms with Crippen LogP contribution in [0.4, 0.5) is 0 Å². The molecule has 30 heavy (non-hydrogen) atoms. The average Bonchev–Trinajstić information content (AvgIpc) is 3.24. The van der Waals surface area contributed by atoms with Crippen LogP contribution in [0.15, 0.2) is 47.8 Å². The molecule has 0 unspecified atom stereocenters. The van der Waals surface area contributed by atoms with Gasteiger partial charge in [0.15, 0.2) is 0 Å². The van der Waals surface area contributed by atoms with Crippen LogP contribution in [0, 0.1) is 13.8 Å². The van der Waals surface area contributed by atoms with E-state index in [4.69, 9.17) is 9.72 Å². The Hall–Kier alpha value is -2.70. The lowest BCUT2D eigenvalue weighted by Crippen LogP contribution is -2.48. The van der Waals surface area contributed by atoms with Crippen molar-refractivity contribution < 1.29 is 9.53 Å². The number of carbonyl (C=O) groups is 1. The Balaban J connectivity index is 1.33. The smallest absolute Gasteiger partial charge is 0.253 e. The number of rotatable bonds is 5. The summed E-state index contributed by atoms with van der Waals surface area (Å²) in [6, 6.07) is 14.0. The predicted molar refractivity (Wildman–Crippen MR) is 121 cm³/mol. The number of amides is 1. The number of piperazine rings is 1. The van der Waals surface area contributed by atoms with Gasteiger partial charge in [-0.1, -0.05) is 6.07 Å². The highest BCUT2D eigenvalue weighted by Gasteiger charge is 2.23. The van der Waals surface area contributed by atoms with Crippen LogP contribution < -0.4 is 4.74 Å². The first-order chi connectivity index (χ1) is 14.5. The van der Waals surface area contributed by atoms with E-state index in [0.29, 0.717) is 0 Å². The Morgan fingerprint density at radius 3 is 2.43 bits per heavy atom. The molecule has 5 nitrogen and oxygen atoms in total. The molecule has 3 aromatic rings. The Kier molecular flexibility index (Phi) is 6.16. The van der Waals surface area contributed by atoms with Crippen molar-refractivity contribution in [3.63, 3.8) is 0 Å². The van der Waals surface area contributed by atoms with Crippen molar-refractivity contribution in [1.82, 2.24) is 14.8 Å². The van der Waals surface area contributed by atoms with Crippen LogP contribution in [0.2, 0.25) is 0 Å². The zero-order valence-corrected chi connectivity index (χ0v) is 18.5. The summed E-state index contributed by atoms with van der Waals surface area (Å²) in [6.07, 6.45) is 0. The molecule has 4 rings (SSSR count). The maximum atomic E-state index is 12.8. The highest BCUT2D eigenvalue weighted by atomic mass is 32.1. The van der Waals surface area contributed by atoms with Crippen molar-refractivity contribution in [3.05, 3.63) is 69.5 Å². The number of carbonyl (C=O) groups excluding carboxylic acids is 1. The standard InChI is InChI=1S/C24H27N3O2S/c1-17-4-5-20(14-18(17)2)24(28)27-12-10-26(11-13-27)15-23-25-22(16-30-23)19-6-8-21(29-3)9-7-19/h4-9,14,16H,10-13,15H2,1-3H3. The van der Waals surface area contributed by atoms with Gasteiger partial charge in [0.2, 0.25) is 0 Å². The van der Waals surface area contributed by atoms with Gasteiger partial charge in [-0.25, -0.2) is 4.98 Å². The number of aryl methyl sites for hydroxylation is 2. The van der Waals surface area contributed by atoms with Gasteiger partial charge in [0.25, 0.3) is 5.91 Å². The highest BCUT2D eigenvalue weighted by Crippen LogP contribution is 2.25. The summed E-state index contributed by atoms with van der Waals surface area (Å²) in [4.78, 5) is 22.0. The number of thiazole rings is 1. The van der Waals surface area contributed by atoms with Gasteiger partial charge in [-0.05, 0) is 61.4 Å². The van der Waals surface area contributed by atoms with Gasteiger partial charge in [-0.3, -0.25) is 9.69 Å². The maximum Gasteiger partial charge on any atom is 0.253 e. The van der Waals surface area contributed by atoms with E-state index in [9.17, 15) is 4.79 Å². The highest BCUT2D eigenvalue weighted by molar-refractivity contribution is 7.09. The monoisotopic (exact) mass is 421 g/mol.